The predicted molar refractivity (Wildman–Crippen MR) is 89.7 cm³/mol. The van der Waals surface area contributed by atoms with Crippen molar-refractivity contribution in [2.75, 3.05) is 20.8 Å². The van der Waals surface area contributed by atoms with Crippen molar-refractivity contribution in [2.45, 2.75) is 25.4 Å². The number of methoxy groups -OCH3 is 2. The van der Waals surface area contributed by atoms with E-state index in [-0.39, 0.29) is 12.5 Å². The van der Waals surface area contributed by atoms with Gasteiger partial charge in [0.1, 0.15) is 12.2 Å². The zero-order chi connectivity index (χ0) is 18.0. The van der Waals surface area contributed by atoms with E-state index in [1.165, 1.54) is 6.33 Å². The quantitative estimate of drug-likeness (QED) is 0.846. The maximum Gasteiger partial charge on any atom is 0.305 e. The van der Waals surface area contributed by atoms with E-state index in [9.17, 15) is 9.90 Å². The molecule has 1 unspecified atom stereocenters. The average molecular weight is 346 g/mol. The Labute approximate surface area is 146 Å². The zero-order valence-electron chi connectivity index (χ0n) is 14.6. The molecule has 0 spiro atoms. The van der Waals surface area contributed by atoms with E-state index < -0.39 is 5.97 Å². The summed E-state index contributed by atoms with van der Waals surface area (Å²) in [5.41, 5.74) is 2.06. The number of hydrogen-bond acceptors (Lipinski definition) is 6. The Morgan fingerprint density at radius 3 is 2.64 bits per heavy atom. The number of fused-ring (bicyclic) bond motifs is 1. The van der Waals surface area contributed by atoms with Crippen molar-refractivity contribution in [3.63, 3.8) is 0 Å². The van der Waals surface area contributed by atoms with Crippen LogP contribution < -0.4 is 9.47 Å². The van der Waals surface area contributed by atoms with Gasteiger partial charge in [0, 0.05) is 19.6 Å². The van der Waals surface area contributed by atoms with Gasteiger partial charge in [-0.05, 0) is 29.7 Å². The van der Waals surface area contributed by atoms with Gasteiger partial charge in [-0.1, -0.05) is 0 Å². The van der Waals surface area contributed by atoms with Crippen LogP contribution in [-0.2, 0) is 24.8 Å². The summed E-state index contributed by atoms with van der Waals surface area (Å²) >= 11 is 0. The molecule has 2 heterocycles. The summed E-state index contributed by atoms with van der Waals surface area (Å²) in [6, 6.07) is 3.59. The number of benzene rings is 1. The van der Waals surface area contributed by atoms with Crippen LogP contribution in [0.2, 0.25) is 0 Å². The number of aryl methyl sites for hydroxylation is 1. The second kappa shape index (κ2) is 7.10. The molecule has 8 nitrogen and oxygen atoms in total. The van der Waals surface area contributed by atoms with Crippen molar-refractivity contribution in [1.82, 2.24) is 19.7 Å². The Hall–Kier alpha value is -2.61. The van der Waals surface area contributed by atoms with E-state index in [0.717, 1.165) is 29.9 Å². The van der Waals surface area contributed by atoms with E-state index in [1.807, 2.05) is 19.2 Å². The lowest BCUT2D eigenvalue weighted by Gasteiger charge is -2.36. The van der Waals surface area contributed by atoms with Crippen LogP contribution in [0.4, 0.5) is 0 Å². The van der Waals surface area contributed by atoms with Crippen LogP contribution in [0.5, 0.6) is 11.5 Å². The largest absolute Gasteiger partial charge is 0.493 e. The minimum atomic E-state index is -0.837. The number of carboxylic acid groups (broad SMARTS) is 1. The molecule has 0 radical (unpaired) electrons. The molecular formula is C17H22N4O4. The molecule has 1 aliphatic heterocycles. The third-order valence-corrected chi connectivity index (χ3v) is 4.63. The SMILES string of the molecule is COc1cc2c(cc1OC)C(CC(=O)O)N(Cc1ncnn1C)CC2. The average Bonchev–Trinajstić information content (AvgIpc) is 3.00. The first-order valence-corrected chi connectivity index (χ1v) is 8.07. The van der Waals surface area contributed by atoms with Crippen LogP contribution in [0.3, 0.4) is 0 Å². The minimum Gasteiger partial charge on any atom is -0.493 e. The number of aromatic nitrogens is 3. The fraction of sp³-hybridized carbons (Fsp3) is 0.471. The van der Waals surface area contributed by atoms with Crippen molar-refractivity contribution >= 4 is 5.97 Å². The third-order valence-electron chi connectivity index (χ3n) is 4.63. The summed E-state index contributed by atoms with van der Waals surface area (Å²) in [5, 5.41) is 13.5. The molecule has 3 rings (SSSR count). The van der Waals surface area contributed by atoms with Crippen molar-refractivity contribution in [1.29, 1.82) is 0 Å². The highest BCUT2D eigenvalue weighted by Crippen LogP contribution is 2.39. The lowest BCUT2D eigenvalue weighted by atomic mass is 9.90. The third kappa shape index (κ3) is 3.43. The summed E-state index contributed by atoms with van der Waals surface area (Å²) in [5.74, 6) is 1.24. The first-order chi connectivity index (χ1) is 12.0. The molecule has 1 aromatic heterocycles. The van der Waals surface area contributed by atoms with Gasteiger partial charge in [0.05, 0.1) is 27.2 Å². The van der Waals surface area contributed by atoms with Gasteiger partial charge >= 0.3 is 5.97 Å². The first kappa shape index (κ1) is 17.2. The van der Waals surface area contributed by atoms with Gasteiger partial charge in [0.15, 0.2) is 11.5 Å². The van der Waals surface area contributed by atoms with E-state index in [4.69, 9.17) is 9.47 Å². The van der Waals surface area contributed by atoms with E-state index >= 15 is 0 Å². The van der Waals surface area contributed by atoms with Gasteiger partial charge in [-0.25, -0.2) is 4.98 Å². The van der Waals surface area contributed by atoms with E-state index in [2.05, 4.69) is 15.0 Å². The van der Waals surface area contributed by atoms with Gasteiger partial charge in [-0.3, -0.25) is 14.4 Å². The fourth-order valence-electron chi connectivity index (χ4n) is 3.32. The highest BCUT2D eigenvalue weighted by atomic mass is 16.5. The molecule has 0 amide bonds. The van der Waals surface area contributed by atoms with Gasteiger partial charge in [0.25, 0.3) is 0 Å². The first-order valence-electron chi connectivity index (χ1n) is 8.07. The molecule has 8 heteroatoms. The van der Waals surface area contributed by atoms with Crippen LogP contribution in [0.1, 0.15) is 29.4 Å². The Bertz CT molecular complexity index is 774. The molecule has 134 valence electrons. The monoisotopic (exact) mass is 346 g/mol. The fourth-order valence-corrected chi connectivity index (χ4v) is 3.32. The molecular weight excluding hydrogens is 324 g/mol. The smallest absolute Gasteiger partial charge is 0.305 e. The Morgan fingerprint density at radius 1 is 1.32 bits per heavy atom. The molecule has 0 saturated carbocycles. The lowest BCUT2D eigenvalue weighted by molar-refractivity contribution is -0.138. The van der Waals surface area contributed by atoms with Crippen LogP contribution in [-0.4, -0.2) is 51.5 Å². The van der Waals surface area contributed by atoms with Gasteiger partial charge in [-0.15, -0.1) is 0 Å². The van der Waals surface area contributed by atoms with Crippen LogP contribution >= 0.6 is 0 Å². The summed E-state index contributed by atoms with van der Waals surface area (Å²) in [6.07, 6.45) is 2.33. The molecule has 1 atom stereocenters. The maximum absolute atomic E-state index is 11.5. The van der Waals surface area contributed by atoms with Gasteiger partial charge < -0.3 is 14.6 Å². The summed E-state index contributed by atoms with van der Waals surface area (Å²) < 4.78 is 12.5. The summed E-state index contributed by atoms with van der Waals surface area (Å²) in [7, 11) is 5.01. The number of aliphatic carboxylic acids is 1. The Morgan fingerprint density at radius 2 is 2.04 bits per heavy atom. The zero-order valence-corrected chi connectivity index (χ0v) is 14.6. The van der Waals surface area contributed by atoms with Gasteiger partial charge in [-0.2, -0.15) is 5.10 Å². The van der Waals surface area contributed by atoms with Gasteiger partial charge in [0.2, 0.25) is 0 Å². The molecule has 0 fully saturated rings. The normalized spacial score (nSPS) is 17.2. The number of nitrogens with zero attached hydrogens (tertiary/aromatic N) is 4. The molecule has 1 aliphatic rings. The Kier molecular flexibility index (Phi) is 4.89. The number of carbonyl (C=O) groups is 1. The van der Waals surface area contributed by atoms with Crippen molar-refractivity contribution in [2.24, 2.45) is 7.05 Å². The topological polar surface area (TPSA) is 89.7 Å². The van der Waals surface area contributed by atoms with E-state index in [1.54, 1.807) is 18.9 Å². The van der Waals surface area contributed by atoms with Crippen LogP contribution in [0.25, 0.3) is 0 Å². The molecule has 0 bridgehead atoms. The molecule has 0 saturated heterocycles. The summed E-state index contributed by atoms with van der Waals surface area (Å²) in [6.45, 7) is 1.29. The minimum absolute atomic E-state index is 0.0142. The number of ether oxygens (including phenoxy) is 2. The maximum atomic E-state index is 11.5. The molecule has 0 aliphatic carbocycles. The number of carboxylic acids is 1. The molecule has 1 aromatic carbocycles. The predicted octanol–water partition coefficient (Wildman–Crippen LogP) is 1.41. The van der Waals surface area contributed by atoms with Crippen LogP contribution in [0.15, 0.2) is 18.5 Å². The lowest BCUT2D eigenvalue weighted by Crippen LogP contribution is -2.37. The molecule has 2 aromatic rings. The molecule has 25 heavy (non-hydrogen) atoms. The summed E-state index contributed by atoms with van der Waals surface area (Å²) in [4.78, 5) is 17.8. The highest BCUT2D eigenvalue weighted by molar-refractivity contribution is 5.68. The second-order valence-electron chi connectivity index (χ2n) is 6.04. The van der Waals surface area contributed by atoms with Crippen molar-refractivity contribution in [3.05, 3.63) is 35.4 Å². The molecule has 1 N–H and O–H groups in total. The number of hydrogen-bond donors (Lipinski definition) is 1. The van der Waals surface area contributed by atoms with Crippen LogP contribution in [0, 0.1) is 0 Å². The van der Waals surface area contributed by atoms with Crippen molar-refractivity contribution < 1.29 is 19.4 Å². The Balaban J connectivity index is 1.98. The number of rotatable bonds is 6. The second-order valence-corrected chi connectivity index (χ2v) is 6.04. The highest BCUT2D eigenvalue weighted by Gasteiger charge is 2.31. The van der Waals surface area contributed by atoms with E-state index in [0.29, 0.717) is 18.0 Å². The standard InChI is InChI=1S/C17H22N4O4/c1-20-16(18-10-19-20)9-21-5-4-11-6-14(24-2)15(25-3)7-12(11)13(21)8-17(22)23/h6-7,10,13H,4-5,8-9H2,1-3H3,(H,22,23). The van der Waals surface area contributed by atoms with Crippen molar-refractivity contribution in [3.8, 4) is 11.5 Å².